The second kappa shape index (κ2) is 6.41. The van der Waals surface area contributed by atoms with Crippen LogP contribution in [0, 0.1) is 23.0 Å². The molecule has 1 aromatic carbocycles. The summed E-state index contributed by atoms with van der Waals surface area (Å²) in [6, 6.07) is 4.25. The van der Waals surface area contributed by atoms with Gasteiger partial charge in [-0.1, -0.05) is 0 Å². The van der Waals surface area contributed by atoms with E-state index in [0.717, 1.165) is 0 Å². The summed E-state index contributed by atoms with van der Waals surface area (Å²) in [5, 5.41) is 8.70. The van der Waals surface area contributed by atoms with Gasteiger partial charge in [-0.3, -0.25) is 0 Å². The lowest BCUT2D eigenvalue weighted by molar-refractivity contribution is 0.0240. The molecule has 2 rings (SSSR count). The quantitative estimate of drug-likeness (QED) is 0.797. The number of piperazine rings is 1. The average molecular weight is 323 g/mol. The highest BCUT2D eigenvalue weighted by Crippen LogP contribution is 2.25. The zero-order chi connectivity index (χ0) is 17.2. The Kier molecular flexibility index (Phi) is 4.73. The van der Waals surface area contributed by atoms with Crippen LogP contribution in [0.4, 0.5) is 19.3 Å². The predicted molar refractivity (Wildman–Crippen MR) is 81.1 cm³/mol. The molecule has 7 heteroatoms. The van der Waals surface area contributed by atoms with Crippen LogP contribution in [0.5, 0.6) is 0 Å². The molecule has 1 saturated heterocycles. The summed E-state index contributed by atoms with van der Waals surface area (Å²) < 4.78 is 33.0. The number of hydrogen-bond acceptors (Lipinski definition) is 4. The van der Waals surface area contributed by atoms with Crippen LogP contribution in [0.25, 0.3) is 0 Å². The van der Waals surface area contributed by atoms with Crippen LogP contribution in [0.1, 0.15) is 26.3 Å². The van der Waals surface area contributed by atoms with Gasteiger partial charge in [0.2, 0.25) is 0 Å². The molecule has 0 radical (unpaired) electrons. The molecule has 1 heterocycles. The van der Waals surface area contributed by atoms with Gasteiger partial charge in [-0.2, -0.15) is 5.26 Å². The molecule has 0 aliphatic carbocycles. The van der Waals surface area contributed by atoms with Gasteiger partial charge in [0, 0.05) is 26.2 Å². The van der Waals surface area contributed by atoms with Crippen molar-refractivity contribution in [2.45, 2.75) is 26.4 Å². The first-order chi connectivity index (χ1) is 10.7. The molecule has 23 heavy (non-hydrogen) atoms. The Hall–Kier alpha value is -2.36. The maximum Gasteiger partial charge on any atom is 0.410 e. The molecular weight excluding hydrogens is 304 g/mol. The molecule has 0 unspecified atom stereocenters. The van der Waals surface area contributed by atoms with Gasteiger partial charge in [-0.25, -0.2) is 13.6 Å². The molecule has 1 aromatic rings. The highest BCUT2D eigenvalue weighted by molar-refractivity contribution is 5.68. The van der Waals surface area contributed by atoms with Gasteiger partial charge in [-0.15, -0.1) is 0 Å². The zero-order valence-electron chi connectivity index (χ0n) is 13.4. The van der Waals surface area contributed by atoms with E-state index in [4.69, 9.17) is 10.00 Å². The topological polar surface area (TPSA) is 56.6 Å². The van der Waals surface area contributed by atoms with Crippen LogP contribution < -0.4 is 4.90 Å². The summed E-state index contributed by atoms with van der Waals surface area (Å²) in [5.41, 5.74) is -0.791. The molecule has 0 bridgehead atoms. The summed E-state index contributed by atoms with van der Waals surface area (Å²) in [6.07, 6.45) is -0.413. The molecule has 0 aromatic heterocycles. The lowest BCUT2D eigenvalue weighted by Gasteiger charge is -2.36. The SMILES string of the molecule is CC(C)(C)OC(=O)N1CCN(c2ccc(C#N)c(F)c2F)CC1. The van der Waals surface area contributed by atoms with E-state index >= 15 is 0 Å². The first-order valence-electron chi connectivity index (χ1n) is 7.34. The number of nitrogens with zero attached hydrogens (tertiary/aromatic N) is 3. The number of carbonyl (C=O) groups is 1. The predicted octanol–water partition coefficient (Wildman–Crippen LogP) is 2.89. The summed E-state index contributed by atoms with van der Waals surface area (Å²) >= 11 is 0. The van der Waals surface area contributed by atoms with Crippen LogP contribution in [0.3, 0.4) is 0 Å². The average Bonchev–Trinajstić information content (AvgIpc) is 2.48. The molecule has 0 atom stereocenters. The fourth-order valence-corrected chi connectivity index (χ4v) is 2.33. The van der Waals surface area contributed by atoms with Gasteiger partial charge >= 0.3 is 6.09 Å². The molecule has 124 valence electrons. The summed E-state index contributed by atoms with van der Waals surface area (Å²) in [5.74, 6) is -2.17. The fourth-order valence-electron chi connectivity index (χ4n) is 2.33. The summed E-state index contributed by atoms with van der Waals surface area (Å²) in [6.45, 7) is 6.80. The minimum Gasteiger partial charge on any atom is -0.444 e. The van der Waals surface area contributed by atoms with Crippen molar-refractivity contribution < 1.29 is 18.3 Å². The number of rotatable bonds is 1. The van der Waals surface area contributed by atoms with Gasteiger partial charge in [0.1, 0.15) is 11.7 Å². The van der Waals surface area contributed by atoms with Crippen molar-refractivity contribution >= 4 is 11.8 Å². The number of carbonyl (C=O) groups excluding carboxylic acids is 1. The number of nitriles is 1. The van der Waals surface area contributed by atoms with E-state index in [0.29, 0.717) is 26.2 Å². The standard InChI is InChI=1S/C16H19F2N3O2/c1-16(2,3)23-15(22)21-8-6-20(7-9-21)12-5-4-11(10-19)13(17)14(12)18/h4-5H,6-9H2,1-3H3. The van der Waals surface area contributed by atoms with Gasteiger partial charge in [0.15, 0.2) is 11.6 Å². The Morgan fingerprint density at radius 3 is 2.30 bits per heavy atom. The van der Waals surface area contributed by atoms with Crippen molar-refractivity contribution in [3.63, 3.8) is 0 Å². The van der Waals surface area contributed by atoms with E-state index in [9.17, 15) is 13.6 Å². The maximum atomic E-state index is 14.0. The van der Waals surface area contributed by atoms with Crippen molar-refractivity contribution in [2.75, 3.05) is 31.1 Å². The molecule has 0 spiro atoms. The number of amides is 1. The third kappa shape index (κ3) is 3.89. The highest BCUT2D eigenvalue weighted by Gasteiger charge is 2.27. The number of anilines is 1. The minimum atomic E-state index is -1.14. The number of ether oxygens (including phenoxy) is 1. The van der Waals surface area contributed by atoms with Crippen LogP contribution in [-0.2, 0) is 4.74 Å². The maximum absolute atomic E-state index is 14.0. The number of benzene rings is 1. The smallest absolute Gasteiger partial charge is 0.410 e. The van der Waals surface area contributed by atoms with Crippen LogP contribution in [0.2, 0.25) is 0 Å². The van der Waals surface area contributed by atoms with Crippen molar-refractivity contribution in [3.8, 4) is 6.07 Å². The monoisotopic (exact) mass is 323 g/mol. The lowest BCUT2D eigenvalue weighted by Crippen LogP contribution is -2.50. The third-order valence-corrected chi connectivity index (χ3v) is 3.45. The van der Waals surface area contributed by atoms with Crippen molar-refractivity contribution in [1.29, 1.82) is 5.26 Å². The van der Waals surface area contributed by atoms with Gasteiger partial charge in [-0.05, 0) is 32.9 Å². The van der Waals surface area contributed by atoms with Crippen LogP contribution >= 0.6 is 0 Å². The molecule has 1 aliphatic heterocycles. The molecule has 5 nitrogen and oxygen atoms in total. The molecule has 1 amide bonds. The second-order valence-corrected chi connectivity index (χ2v) is 6.33. The Labute approximate surface area is 134 Å². The minimum absolute atomic E-state index is 0.102. The molecule has 0 N–H and O–H groups in total. The van der Waals surface area contributed by atoms with Gasteiger partial charge in [0.25, 0.3) is 0 Å². The largest absolute Gasteiger partial charge is 0.444 e. The van der Waals surface area contributed by atoms with Gasteiger partial charge in [0.05, 0.1) is 11.3 Å². The Morgan fingerprint density at radius 1 is 1.17 bits per heavy atom. The van der Waals surface area contributed by atoms with E-state index in [2.05, 4.69) is 0 Å². The van der Waals surface area contributed by atoms with Crippen LogP contribution in [-0.4, -0.2) is 42.8 Å². The van der Waals surface area contributed by atoms with E-state index < -0.39 is 23.3 Å². The zero-order valence-corrected chi connectivity index (χ0v) is 13.4. The molecular formula is C16H19F2N3O2. The van der Waals surface area contributed by atoms with E-state index in [1.54, 1.807) is 36.6 Å². The Morgan fingerprint density at radius 2 is 1.78 bits per heavy atom. The number of hydrogen-bond donors (Lipinski definition) is 0. The van der Waals surface area contributed by atoms with Crippen molar-refractivity contribution in [2.24, 2.45) is 0 Å². The molecule has 1 aliphatic rings. The van der Waals surface area contributed by atoms with E-state index in [1.807, 2.05) is 0 Å². The van der Waals surface area contributed by atoms with Crippen molar-refractivity contribution in [3.05, 3.63) is 29.3 Å². The Bertz CT molecular complexity index is 642. The highest BCUT2D eigenvalue weighted by atomic mass is 19.2. The normalized spacial score (nSPS) is 15.3. The first-order valence-corrected chi connectivity index (χ1v) is 7.34. The van der Waals surface area contributed by atoms with Crippen molar-refractivity contribution in [1.82, 2.24) is 4.90 Å². The lowest BCUT2D eigenvalue weighted by atomic mass is 10.1. The second-order valence-electron chi connectivity index (χ2n) is 6.33. The summed E-state index contributed by atoms with van der Waals surface area (Å²) in [4.78, 5) is 15.2. The van der Waals surface area contributed by atoms with E-state index in [-0.39, 0.29) is 11.3 Å². The third-order valence-electron chi connectivity index (χ3n) is 3.45. The molecule has 1 fully saturated rings. The first kappa shape index (κ1) is 17.0. The fraction of sp³-hybridized carbons (Fsp3) is 0.500. The molecule has 0 saturated carbocycles. The Balaban J connectivity index is 2.04. The number of halogens is 2. The summed E-state index contributed by atoms with van der Waals surface area (Å²) in [7, 11) is 0. The van der Waals surface area contributed by atoms with Crippen LogP contribution in [0.15, 0.2) is 12.1 Å². The van der Waals surface area contributed by atoms with E-state index in [1.165, 1.54) is 12.1 Å². The van der Waals surface area contributed by atoms with Gasteiger partial charge < -0.3 is 14.5 Å².